The molecule has 3 saturated heterocycles. The monoisotopic (exact) mass is 581 g/mol. The molecule has 0 unspecified atom stereocenters. The molecule has 3 fully saturated rings. The van der Waals surface area contributed by atoms with Crippen LogP contribution in [-0.4, -0.2) is 63.3 Å². The van der Waals surface area contributed by atoms with E-state index in [0.29, 0.717) is 29.1 Å². The lowest BCUT2D eigenvalue weighted by molar-refractivity contribution is -0.0924. The van der Waals surface area contributed by atoms with Gasteiger partial charge in [0.1, 0.15) is 12.4 Å². The van der Waals surface area contributed by atoms with Crippen molar-refractivity contribution in [3.63, 3.8) is 0 Å². The molecule has 1 aromatic carbocycles. The number of nitrogens with zero attached hydrogens (tertiary/aromatic N) is 4. The minimum atomic E-state index is -4.02. The normalized spacial score (nSPS) is 32.1. The van der Waals surface area contributed by atoms with Crippen LogP contribution < -0.4 is 10.5 Å². The molecule has 0 spiro atoms. The number of rotatable bonds is 7. The molecule has 3 aliphatic heterocycles. The molecular weight excluding hydrogens is 557 g/mol. The molecule has 14 nitrogen and oxygen atoms in total. The fourth-order valence-electron chi connectivity index (χ4n) is 4.99. The summed E-state index contributed by atoms with van der Waals surface area (Å²) in [6.07, 6.45) is -2.37. The van der Waals surface area contributed by atoms with Crippen LogP contribution in [0.25, 0.3) is 11.2 Å². The van der Waals surface area contributed by atoms with Crippen LogP contribution in [0.3, 0.4) is 0 Å². The Morgan fingerprint density at radius 3 is 2.92 bits per heavy atom. The Labute approximate surface area is 227 Å². The number of carbonyl (C=O) groups excluding carboxylic acids is 1. The van der Waals surface area contributed by atoms with Gasteiger partial charge in [-0.05, 0) is 19.9 Å². The number of anilines is 1. The van der Waals surface area contributed by atoms with E-state index in [1.165, 1.54) is 6.33 Å². The van der Waals surface area contributed by atoms with Crippen molar-refractivity contribution in [1.82, 2.24) is 19.5 Å². The number of phosphoric acid groups is 1. The highest BCUT2D eigenvalue weighted by atomic mass is 35.5. The fraction of sp³-hybridized carbons (Fsp3) is 0.478. The zero-order valence-corrected chi connectivity index (χ0v) is 22.5. The van der Waals surface area contributed by atoms with Gasteiger partial charge in [-0.15, -0.1) is 0 Å². The second-order valence-corrected chi connectivity index (χ2v) is 11.3. The first kappa shape index (κ1) is 26.2. The van der Waals surface area contributed by atoms with Gasteiger partial charge in [0.25, 0.3) is 0 Å². The van der Waals surface area contributed by atoms with Crippen molar-refractivity contribution in [2.24, 2.45) is 0 Å². The maximum atomic E-state index is 13.4. The van der Waals surface area contributed by atoms with E-state index in [-0.39, 0.29) is 30.7 Å². The second-order valence-electron chi connectivity index (χ2n) is 9.23. The molecular formula is C23H25ClN5O9P. The lowest BCUT2D eigenvalue weighted by atomic mass is 9.96. The quantitative estimate of drug-likeness (QED) is 0.314. The smallest absolute Gasteiger partial charge is 0.476 e. The number of fused-ring (bicyclic) bond motifs is 2. The zero-order valence-electron chi connectivity index (χ0n) is 20.9. The molecule has 0 aliphatic carbocycles. The molecule has 2 N–H and O–H groups in total. The van der Waals surface area contributed by atoms with Crippen molar-refractivity contribution < 1.29 is 41.9 Å². The molecule has 3 aliphatic rings. The van der Waals surface area contributed by atoms with Crippen molar-refractivity contribution in [3.8, 4) is 5.88 Å². The summed E-state index contributed by atoms with van der Waals surface area (Å²) in [5.41, 5.74) is 5.81. The maximum absolute atomic E-state index is 13.4. The van der Waals surface area contributed by atoms with Crippen molar-refractivity contribution in [2.45, 2.75) is 50.4 Å². The molecule has 208 valence electrons. The Balaban J connectivity index is 1.26. The van der Waals surface area contributed by atoms with Gasteiger partial charge in [-0.3, -0.25) is 18.1 Å². The zero-order chi connectivity index (χ0) is 27.4. The Morgan fingerprint density at radius 1 is 1.31 bits per heavy atom. The van der Waals surface area contributed by atoms with E-state index >= 15 is 0 Å². The average Bonchev–Trinajstić information content (AvgIpc) is 3.52. The molecule has 6 atom stereocenters. The van der Waals surface area contributed by atoms with Gasteiger partial charge in [0.2, 0.25) is 11.8 Å². The predicted octanol–water partition coefficient (Wildman–Crippen LogP) is 3.96. The number of hydrogen-bond donors (Lipinski definition) is 1. The number of ether oxygens (including phenoxy) is 4. The first-order chi connectivity index (χ1) is 18.7. The van der Waals surface area contributed by atoms with Crippen LogP contribution in [0.2, 0.25) is 5.02 Å². The van der Waals surface area contributed by atoms with Gasteiger partial charge < -0.3 is 24.7 Å². The SMILES string of the molecule is CCOc1nc(N)nc2ncn([C@@H]3O[C@H](CO[P@]4(=O)OCC[C@H](c5ccccc5Cl)O4)[C@H]4OC(=O)O[C@]43C)c12. The summed E-state index contributed by atoms with van der Waals surface area (Å²) in [5.74, 6) is 0.173. The summed E-state index contributed by atoms with van der Waals surface area (Å²) in [6.45, 7) is 3.59. The molecule has 0 bridgehead atoms. The van der Waals surface area contributed by atoms with Crippen LogP contribution in [0.4, 0.5) is 10.7 Å². The number of hydrogen-bond acceptors (Lipinski definition) is 13. The van der Waals surface area contributed by atoms with Crippen molar-refractivity contribution >= 4 is 42.7 Å². The molecule has 16 heteroatoms. The molecule has 6 rings (SSSR count). The lowest BCUT2D eigenvalue weighted by Crippen LogP contribution is -2.42. The van der Waals surface area contributed by atoms with Gasteiger partial charge in [-0.1, -0.05) is 29.8 Å². The highest BCUT2D eigenvalue weighted by Gasteiger charge is 2.64. The Morgan fingerprint density at radius 2 is 2.13 bits per heavy atom. The van der Waals surface area contributed by atoms with Crippen LogP contribution >= 0.6 is 19.4 Å². The molecule has 0 radical (unpaired) electrons. The van der Waals surface area contributed by atoms with Gasteiger partial charge in [-0.25, -0.2) is 14.3 Å². The topological polar surface area (TPSA) is 168 Å². The minimum absolute atomic E-state index is 0.0122. The van der Waals surface area contributed by atoms with Crippen molar-refractivity contribution in [3.05, 3.63) is 41.2 Å². The first-order valence-electron chi connectivity index (χ1n) is 12.2. The Kier molecular flexibility index (Phi) is 6.64. The molecule has 39 heavy (non-hydrogen) atoms. The lowest BCUT2D eigenvalue weighted by Gasteiger charge is -2.30. The summed E-state index contributed by atoms with van der Waals surface area (Å²) in [5, 5.41) is 0.480. The fourth-order valence-corrected chi connectivity index (χ4v) is 6.64. The van der Waals surface area contributed by atoms with E-state index in [2.05, 4.69) is 15.0 Å². The number of aromatic nitrogens is 4. The number of nitrogens with two attached hydrogens (primary N) is 1. The maximum Gasteiger partial charge on any atom is 0.509 e. The molecule has 3 aromatic rings. The second kappa shape index (κ2) is 9.88. The largest absolute Gasteiger partial charge is 0.509 e. The number of carbonyl (C=O) groups is 1. The number of nitrogen functional groups attached to an aromatic ring is 1. The number of phosphoric ester groups is 1. The third-order valence-electron chi connectivity index (χ3n) is 6.71. The minimum Gasteiger partial charge on any atom is -0.476 e. The van der Waals surface area contributed by atoms with E-state index in [4.69, 9.17) is 49.9 Å². The summed E-state index contributed by atoms with van der Waals surface area (Å²) in [7, 11) is -4.02. The van der Waals surface area contributed by atoms with E-state index in [9.17, 15) is 9.36 Å². The van der Waals surface area contributed by atoms with Gasteiger partial charge in [0, 0.05) is 17.0 Å². The highest BCUT2D eigenvalue weighted by molar-refractivity contribution is 7.48. The Hall–Kier alpha value is -3.00. The summed E-state index contributed by atoms with van der Waals surface area (Å²) in [6, 6.07) is 7.11. The van der Waals surface area contributed by atoms with Crippen LogP contribution in [0, 0.1) is 0 Å². The third kappa shape index (κ3) is 4.60. The van der Waals surface area contributed by atoms with Gasteiger partial charge in [0.05, 0.1) is 25.9 Å². The van der Waals surface area contributed by atoms with E-state index in [0.717, 1.165) is 0 Å². The average molecular weight is 582 g/mol. The number of imidazole rings is 1. The van der Waals surface area contributed by atoms with Crippen LogP contribution in [0.5, 0.6) is 5.88 Å². The summed E-state index contributed by atoms with van der Waals surface area (Å²) in [4.78, 5) is 24.9. The number of benzene rings is 1. The third-order valence-corrected chi connectivity index (χ3v) is 8.53. The van der Waals surface area contributed by atoms with E-state index < -0.39 is 44.1 Å². The summed E-state index contributed by atoms with van der Waals surface area (Å²) >= 11 is 6.30. The van der Waals surface area contributed by atoms with Crippen LogP contribution in [-0.2, 0) is 32.3 Å². The molecule has 5 heterocycles. The van der Waals surface area contributed by atoms with Gasteiger partial charge >= 0.3 is 14.0 Å². The van der Waals surface area contributed by atoms with E-state index in [1.54, 1.807) is 36.6 Å². The van der Waals surface area contributed by atoms with Gasteiger partial charge in [-0.2, -0.15) is 9.97 Å². The standard InChI is InChI=1S/C23H25ClN5O9P/c1-3-32-19-16-18(27-21(25)28-19)26-11-29(16)20-23(2)17(36-22(30)37-23)15(35-20)10-34-39(31)33-9-8-14(38-39)12-6-4-5-7-13(12)24/h4-7,11,14-15,17,20H,3,8-10H2,1-2H3,(H2,25,27,28)/t14-,15-,17-,20-,23-,39+/m1/s1. The van der Waals surface area contributed by atoms with E-state index in [1.807, 2.05) is 6.07 Å². The Bertz CT molecular complexity index is 1470. The van der Waals surface area contributed by atoms with Crippen molar-refractivity contribution in [1.29, 1.82) is 0 Å². The molecule has 2 aromatic heterocycles. The number of halogens is 1. The van der Waals surface area contributed by atoms with Crippen LogP contribution in [0.15, 0.2) is 30.6 Å². The summed E-state index contributed by atoms with van der Waals surface area (Å²) < 4.78 is 54.7. The predicted molar refractivity (Wildman–Crippen MR) is 134 cm³/mol. The van der Waals surface area contributed by atoms with Crippen molar-refractivity contribution in [2.75, 3.05) is 25.6 Å². The van der Waals surface area contributed by atoms with Crippen LogP contribution in [0.1, 0.15) is 38.2 Å². The highest BCUT2D eigenvalue weighted by Crippen LogP contribution is 2.58. The first-order valence-corrected chi connectivity index (χ1v) is 14.0. The molecule has 0 amide bonds. The molecule has 0 saturated carbocycles. The van der Waals surface area contributed by atoms with Gasteiger partial charge in [0.15, 0.2) is 29.1 Å².